The minimum atomic E-state index is -0.679. The summed E-state index contributed by atoms with van der Waals surface area (Å²) in [6, 6.07) is 2.12. The van der Waals surface area contributed by atoms with Crippen LogP contribution in [0.15, 0.2) is 16.6 Å². The highest BCUT2D eigenvalue weighted by Crippen LogP contribution is 2.27. The first kappa shape index (κ1) is 11.5. The van der Waals surface area contributed by atoms with Crippen LogP contribution in [0.3, 0.4) is 0 Å². The molecule has 1 saturated heterocycles. The van der Waals surface area contributed by atoms with E-state index in [0.29, 0.717) is 0 Å². The van der Waals surface area contributed by atoms with Crippen LogP contribution in [0.2, 0.25) is 0 Å². The third kappa shape index (κ3) is 2.22. The van der Waals surface area contributed by atoms with Crippen LogP contribution < -0.4 is 5.32 Å². The molecule has 1 fully saturated rings. The summed E-state index contributed by atoms with van der Waals surface area (Å²) in [6.07, 6.45) is -0.574. The molecule has 2 rings (SSSR count). The van der Waals surface area contributed by atoms with Crippen molar-refractivity contribution in [3.05, 3.63) is 33.8 Å². The van der Waals surface area contributed by atoms with E-state index in [0.717, 1.165) is 6.07 Å². The summed E-state index contributed by atoms with van der Waals surface area (Å²) in [4.78, 5) is 10.8. The molecule has 0 spiro atoms. The molecule has 6 heteroatoms. The van der Waals surface area contributed by atoms with E-state index in [1.807, 2.05) is 0 Å². The first-order valence-corrected chi connectivity index (χ1v) is 5.40. The van der Waals surface area contributed by atoms with Crippen molar-refractivity contribution in [1.82, 2.24) is 5.32 Å². The Morgan fingerprint density at radius 2 is 2.12 bits per heavy atom. The molecule has 1 aromatic carbocycles. The van der Waals surface area contributed by atoms with E-state index in [2.05, 4.69) is 21.2 Å². The lowest BCUT2D eigenvalue weighted by Crippen LogP contribution is -2.39. The average molecular weight is 292 g/mol. The van der Waals surface area contributed by atoms with Crippen molar-refractivity contribution in [3.8, 4) is 0 Å². The van der Waals surface area contributed by atoms with E-state index < -0.39 is 17.7 Å². The SMILES string of the molecule is O=C1CO[C@@H](c2cc(Br)c(F)cc2F)CN1. The molecule has 1 aliphatic rings. The molecule has 0 bridgehead atoms. The van der Waals surface area contributed by atoms with Gasteiger partial charge in [-0.1, -0.05) is 0 Å². The van der Waals surface area contributed by atoms with Gasteiger partial charge in [0.1, 0.15) is 24.3 Å². The number of ether oxygens (including phenoxy) is 1. The number of hydrogen-bond donors (Lipinski definition) is 1. The Bertz CT molecular complexity index is 429. The van der Waals surface area contributed by atoms with Crippen molar-refractivity contribution < 1.29 is 18.3 Å². The van der Waals surface area contributed by atoms with Gasteiger partial charge in [-0.3, -0.25) is 4.79 Å². The first-order chi connectivity index (χ1) is 7.58. The van der Waals surface area contributed by atoms with Crippen LogP contribution in [0.5, 0.6) is 0 Å². The second-order valence-corrected chi connectivity index (χ2v) is 4.25. The van der Waals surface area contributed by atoms with Gasteiger partial charge in [0.05, 0.1) is 4.47 Å². The number of halogens is 3. The fourth-order valence-electron chi connectivity index (χ4n) is 1.48. The maximum absolute atomic E-state index is 13.5. The Labute approximate surface area is 98.9 Å². The highest BCUT2D eigenvalue weighted by Gasteiger charge is 2.23. The summed E-state index contributed by atoms with van der Waals surface area (Å²) in [7, 11) is 0. The number of hydrogen-bond acceptors (Lipinski definition) is 2. The van der Waals surface area contributed by atoms with Gasteiger partial charge in [-0.25, -0.2) is 8.78 Å². The molecule has 1 atom stereocenters. The third-order valence-electron chi connectivity index (χ3n) is 2.29. The Balaban J connectivity index is 2.26. The van der Waals surface area contributed by atoms with E-state index in [-0.39, 0.29) is 29.1 Å². The van der Waals surface area contributed by atoms with Gasteiger partial charge in [-0.15, -0.1) is 0 Å². The molecule has 0 saturated carbocycles. The number of carbonyl (C=O) groups excluding carboxylic acids is 1. The summed E-state index contributed by atoms with van der Waals surface area (Å²) in [5.74, 6) is -1.58. The normalized spacial score (nSPS) is 20.7. The van der Waals surface area contributed by atoms with Gasteiger partial charge in [0, 0.05) is 18.2 Å². The van der Waals surface area contributed by atoms with Gasteiger partial charge in [0.25, 0.3) is 0 Å². The zero-order valence-electron chi connectivity index (χ0n) is 8.10. The topological polar surface area (TPSA) is 38.3 Å². The second-order valence-electron chi connectivity index (χ2n) is 3.39. The van der Waals surface area contributed by atoms with Crippen molar-refractivity contribution >= 4 is 21.8 Å². The van der Waals surface area contributed by atoms with Crippen LogP contribution in [0.4, 0.5) is 8.78 Å². The fourth-order valence-corrected chi connectivity index (χ4v) is 1.84. The summed E-state index contributed by atoms with van der Waals surface area (Å²) in [6.45, 7) is 0.0763. The number of morpholine rings is 1. The Kier molecular flexibility index (Phi) is 3.20. The van der Waals surface area contributed by atoms with Crippen molar-refractivity contribution in [1.29, 1.82) is 0 Å². The molecule has 16 heavy (non-hydrogen) atoms. The quantitative estimate of drug-likeness (QED) is 0.803. The van der Waals surface area contributed by atoms with Crippen molar-refractivity contribution in [3.63, 3.8) is 0 Å². The zero-order valence-corrected chi connectivity index (χ0v) is 9.68. The van der Waals surface area contributed by atoms with E-state index in [9.17, 15) is 13.6 Å². The lowest BCUT2D eigenvalue weighted by Gasteiger charge is -2.24. The third-order valence-corrected chi connectivity index (χ3v) is 2.89. The molecule has 0 aromatic heterocycles. The highest BCUT2D eigenvalue weighted by atomic mass is 79.9. The minimum Gasteiger partial charge on any atom is -0.362 e. The molecule has 1 aliphatic heterocycles. The monoisotopic (exact) mass is 291 g/mol. The summed E-state index contributed by atoms with van der Waals surface area (Å²) in [5.41, 5.74) is 0.230. The molecule has 1 N–H and O–H groups in total. The number of amides is 1. The van der Waals surface area contributed by atoms with E-state index in [4.69, 9.17) is 4.74 Å². The molecule has 0 radical (unpaired) electrons. The number of benzene rings is 1. The van der Waals surface area contributed by atoms with E-state index >= 15 is 0 Å². The molecule has 0 unspecified atom stereocenters. The van der Waals surface area contributed by atoms with Crippen molar-refractivity contribution in [2.45, 2.75) is 6.10 Å². The number of carbonyl (C=O) groups is 1. The maximum Gasteiger partial charge on any atom is 0.246 e. The molecule has 1 heterocycles. The Morgan fingerprint density at radius 3 is 2.75 bits per heavy atom. The van der Waals surface area contributed by atoms with Crippen LogP contribution in [0, 0.1) is 11.6 Å². The molecule has 1 amide bonds. The van der Waals surface area contributed by atoms with Gasteiger partial charge in [-0.2, -0.15) is 0 Å². The van der Waals surface area contributed by atoms with E-state index in [1.165, 1.54) is 6.07 Å². The Hall–Kier alpha value is -1.01. The predicted molar refractivity (Wildman–Crippen MR) is 55.8 cm³/mol. The standard InChI is InChI=1S/C10H8BrF2NO2/c11-6-1-5(7(12)2-8(6)13)9-3-14-10(15)4-16-9/h1-2,9H,3-4H2,(H,14,15)/t9-/m1/s1. The lowest BCUT2D eigenvalue weighted by molar-refractivity contribution is -0.133. The van der Waals surface area contributed by atoms with Gasteiger partial charge in [-0.05, 0) is 22.0 Å². The average Bonchev–Trinajstić information content (AvgIpc) is 2.25. The zero-order chi connectivity index (χ0) is 11.7. The maximum atomic E-state index is 13.5. The molecule has 1 aromatic rings. The number of rotatable bonds is 1. The summed E-state index contributed by atoms with van der Waals surface area (Å²) >= 11 is 2.97. The highest BCUT2D eigenvalue weighted by molar-refractivity contribution is 9.10. The van der Waals surface area contributed by atoms with Crippen LogP contribution in [-0.4, -0.2) is 19.1 Å². The molecule has 3 nitrogen and oxygen atoms in total. The summed E-state index contributed by atoms with van der Waals surface area (Å²) < 4.78 is 31.8. The fraction of sp³-hybridized carbons (Fsp3) is 0.300. The molecule has 86 valence electrons. The van der Waals surface area contributed by atoms with Gasteiger partial charge < -0.3 is 10.1 Å². The smallest absolute Gasteiger partial charge is 0.246 e. The van der Waals surface area contributed by atoms with Crippen molar-refractivity contribution in [2.75, 3.05) is 13.2 Å². The summed E-state index contributed by atoms with van der Waals surface area (Å²) in [5, 5.41) is 2.55. The number of nitrogens with one attached hydrogen (secondary N) is 1. The van der Waals surface area contributed by atoms with Crippen LogP contribution >= 0.6 is 15.9 Å². The predicted octanol–water partition coefficient (Wildman–Crippen LogP) is 1.91. The van der Waals surface area contributed by atoms with Crippen LogP contribution in [0.25, 0.3) is 0 Å². The van der Waals surface area contributed by atoms with Crippen LogP contribution in [0.1, 0.15) is 11.7 Å². The van der Waals surface area contributed by atoms with Crippen LogP contribution in [-0.2, 0) is 9.53 Å². The first-order valence-electron chi connectivity index (χ1n) is 4.60. The van der Waals surface area contributed by atoms with Gasteiger partial charge in [0.15, 0.2) is 0 Å². The molecule has 0 aliphatic carbocycles. The lowest BCUT2D eigenvalue weighted by atomic mass is 10.1. The molecular formula is C10H8BrF2NO2. The Morgan fingerprint density at radius 1 is 1.38 bits per heavy atom. The van der Waals surface area contributed by atoms with Gasteiger partial charge >= 0.3 is 0 Å². The van der Waals surface area contributed by atoms with Gasteiger partial charge in [0.2, 0.25) is 5.91 Å². The molecular weight excluding hydrogens is 284 g/mol. The second kappa shape index (κ2) is 4.47. The minimum absolute atomic E-state index is 0.112. The van der Waals surface area contributed by atoms with Crippen molar-refractivity contribution in [2.24, 2.45) is 0 Å². The van der Waals surface area contributed by atoms with E-state index in [1.54, 1.807) is 0 Å². The largest absolute Gasteiger partial charge is 0.362 e.